The van der Waals surface area contributed by atoms with Crippen LogP contribution in [0.25, 0.3) is 11.3 Å². The van der Waals surface area contributed by atoms with Crippen molar-refractivity contribution in [2.45, 2.75) is 0 Å². The highest BCUT2D eigenvalue weighted by molar-refractivity contribution is 7.08. The first-order valence-electron chi connectivity index (χ1n) is 8.50. The molecule has 1 saturated heterocycles. The highest BCUT2D eigenvalue weighted by atomic mass is 35.5. The molecular weight excluding hydrogens is 387 g/mol. The molecule has 0 bridgehead atoms. The van der Waals surface area contributed by atoms with Crippen molar-refractivity contribution in [3.63, 3.8) is 0 Å². The van der Waals surface area contributed by atoms with Gasteiger partial charge in [-0.1, -0.05) is 40.4 Å². The Hall–Kier alpha value is -2.51. The van der Waals surface area contributed by atoms with Crippen molar-refractivity contribution in [1.29, 1.82) is 0 Å². The van der Waals surface area contributed by atoms with E-state index in [0.29, 0.717) is 47.5 Å². The number of amides is 1. The van der Waals surface area contributed by atoms with E-state index in [4.69, 9.17) is 11.6 Å². The van der Waals surface area contributed by atoms with E-state index in [1.54, 1.807) is 29.2 Å². The van der Waals surface area contributed by atoms with Crippen LogP contribution in [-0.4, -0.2) is 46.6 Å². The molecule has 0 N–H and O–H groups in total. The molecule has 1 fully saturated rings. The molecule has 0 saturated carbocycles. The average molecular weight is 403 g/mol. The Bertz CT molecular complexity index is 954. The summed E-state index contributed by atoms with van der Waals surface area (Å²) in [6.45, 7) is 2.20. The molecule has 0 atom stereocenters. The van der Waals surface area contributed by atoms with E-state index in [9.17, 15) is 9.18 Å². The van der Waals surface area contributed by atoms with Crippen molar-refractivity contribution in [2.75, 3.05) is 31.1 Å². The van der Waals surface area contributed by atoms with Crippen LogP contribution in [0.2, 0.25) is 5.02 Å². The lowest BCUT2D eigenvalue weighted by atomic mass is 10.1. The zero-order chi connectivity index (χ0) is 18.8. The first kappa shape index (κ1) is 17.9. The number of carbonyl (C=O) groups excluding carboxylic acids is 1. The Kier molecular flexibility index (Phi) is 5.05. The Morgan fingerprint density at radius 1 is 1.04 bits per heavy atom. The fourth-order valence-electron chi connectivity index (χ4n) is 3.13. The number of piperazine rings is 1. The molecular formula is C19H16ClFN4OS. The van der Waals surface area contributed by atoms with Crippen LogP contribution in [0.3, 0.4) is 0 Å². The van der Waals surface area contributed by atoms with E-state index >= 15 is 0 Å². The van der Waals surface area contributed by atoms with Gasteiger partial charge < -0.3 is 9.80 Å². The molecule has 0 spiro atoms. The molecule has 2 aromatic carbocycles. The van der Waals surface area contributed by atoms with Crippen molar-refractivity contribution >= 4 is 34.7 Å². The van der Waals surface area contributed by atoms with Gasteiger partial charge in [0.2, 0.25) is 0 Å². The van der Waals surface area contributed by atoms with Crippen LogP contribution < -0.4 is 4.90 Å². The molecule has 1 aliphatic heterocycles. The van der Waals surface area contributed by atoms with Crippen molar-refractivity contribution in [2.24, 2.45) is 0 Å². The normalized spacial score (nSPS) is 14.4. The van der Waals surface area contributed by atoms with Gasteiger partial charge in [0, 0.05) is 36.8 Å². The number of hydrogen-bond acceptors (Lipinski definition) is 5. The maximum atomic E-state index is 14.0. The summed E-state index contributed by atoms with van der Waals surface area (Å²) in [7, 11) is 0. The Labute approximate surface area is 165 Å². The highest BCUT2D eigenvalue weighted by Gasteiger charge is 2.27. The molecule has 5 nitrogen and oxygen atoms in total. The molecule has 2 heterocycles. The fourth-order valence-corrected chi connectivity index (χ4v) is 3.91. The van der Waals surface area contributed by atoms with Gasteiger partial charge in [-0.2, -0.15) is 0 Å². The standard InChI is InChI=1S/C19H16ClFN4OS/c20-14-7-5-13(6-8-14)17-18(27-23-22-17)19(26)25-11-9-24(10-12-25)16-4-2-1-3-15(16)21/h1-8H,9-12H2. The maximum Gasteiger partial charge on any atom is 0.268 e. The Morgan fingerprint density at radius 3 is 2.44 bits per heavy atom. The Balaban J connectivity index is 1.48. The number of benzene rings is 2. The van der Waals surface area contributed by atoms with Crippen molar-refractivity contribution in [3.05, 3.63) is 64.2 Å². The molecule has 0 unspecified atom stereocenters. The molecule has 138 valence electrons. The fraction of sp³-hybridized carbons (Fsp3) is 0.211. The number of anilines is 1. The number of rotatable bonds is 3. The van der Waals surface area contributed by atoms with Crippen LogP contribution in [0.1, 0.15) is 9.67 Å². The zero-order valence-electron chi connectivity index (χ0n) is 14.3. The van der Waals surface area contributed by atoms with E-state index in [1.165, 1.54) is 6.07 Å². The molecule has 1 aromatic heterocycles. The summed E-state index contributed by atoms with van der Waals surface area (Å²) in [6, 6.07) is 13.9. The lowest BCUT2D eigenvalue weighted by Gasteiger charge is -2.36. The van der Waals surface area contributed by atoms with Crippen LogP contribution in [0.4, 0.5) is 10.1 Å². The van der Waals surface area contributed by atoms with Gasteiger partial charge in [-0.15, -0.1) is 5.10 Å². The smallest absolute Gasteiger partial charge is 0.268 e. The second-order valence-corrected chi connectivity index (χ2v) is 7.38. The summed E-state index contributed by atoms with van der Waals surface area (Å²) in [4.78, 5) is 17.2. The monoisotopic (exact) mass is 402 g/mol. The number of aromatic nitrogens is 2. The molecule has 0 radical (unpaired) electrons. The molecule has 8 heteroatoms. The van der Waals surface area contributed by atoms with E-state index in [-0.39, 0.29) is 11.7 Å². The predicted octanol–water partition coefficient (Wildman–Crippen LogP) is 3.96. The van der Waals surface area contributed by atoms with Gasteiger partial charge in [0.05, 0.1) is 5.69 Å². The van der Waals surface area contributed by atoms with Gasteiger partial charge >= 0.3 is 0 Å². The van der Waals surface area contributed by atoms with Crippen molar-refractivity contribution in [1.82, 2.24) is 14.5 Å². The zero-order valence-corrected chi connectivity index (χ0v) is 15.9. The van der Waals surface area contributed by atoms with Crippen LogP contribution in [-0.2, 0) is 0 Å². The number of carbonyl (C=O) groups is 1. The van der Waals surface area contributed by atoms with Crippen LogP contribution >= 0.6 is 23.1 Å². The average Bonchev–Trinajstić information content (AvgIpc) is 3.18. The van der Waals surface area contributed by atoms with Crippen LogP contribution in [0.15, 0.2) is 48.5 Å². The lowest BCUT2D eigenvalue weighted by molar-refractivity contribution is 0.0752. The number of nitrogens with zero attached hydrogens (tertiary/aromatic N) is 4. The molecule has 1 aliphatic rings. The van der Waals surface area contributed by atoms with Gasteiger partial charge in [0.15, 0.2) is 0 Å². The summed E-state index contributed by atoms with van der Waals surface area (Å²) < 4.78 is 17.9. The minimum Gasteiger partial charge on any atom is -0.366 e. The second-order valence-electron chi connectivity index (χ2n) is 6.19. The topological polar surface area (TPSA) is 49.3 Å². The molecule has 4 rings (SSSR count). The number of hydrogen-bond donors (Lipinski definition) is 0. The van der Waals surface area contributed by atoms with Gasteiger partial charge in [-0.05, 0) is 35.8 Å². The number of para-hydroxylation sites is 1. The van der Waals surface area contributed by atoms with E-state index in [0.717, 1.165) is 17.1 Å². The van der Waals surface area contributed by atoms with E-state index in [1.807, 2.05) is 23.1 Å². The third kappa shape index (κ3) is 3.65. The minimum absolute atomic E-state index is 0.0943. The summed E-state index contributed by atoms with van der Waals surface area (Å²) in [6.07, 6.45) is 0. The molecule has 27 heavy (non-hydrogen) atoms. The van der Waals surface area contributed by atoms with Crippen LogP contribution in [0, 0.1) is 5.82 Å². The maximum absolute atomic E-state index is 14.0. The largest absolute Gasteiger partial charge is 0.366 e. The summed E-state index contributed by atoms with van der Waals surface area (Å²) in [5.74, 6) is -0.336. The van der Waals surface area contributed by atoms with E-state index < -0.39 is 0 Å². The lowest BCUT2D eigenvalue weighted by Crippen LogP contribution is -2.49. The molecule has 1 amide bonds. The second kappa shape index (κ2) is 7.62. The highest BCUT2D eigenvalue weighted by Crippen LogP contribution is 2.27. The summed E-state index contributed by atoms with van der Waals surface area (Å²) in [5.41, 5.74) is 1.95. The van der Waals surface area contributed by atoms with Gasteiger partial charge in [-0.25, -0.2) is 4.39 Å². The third-order valence-electron chi connectivity index (χ3n) is 4.56. The first-order chi connectivity index (χ1) is 13.1. The van der Waals surface area contributed by atoms with Crippen LogP contribution in [0.5, 0.6) is 0 Å². The predicted molar refractivity (Wildman–Crippen MR) is 105 cm³/mol. The number of halogens is 2. The molecule has 3 aromatic rings. The van der Waals surface area contributed by atoms with E-state index in [2.05, 4.69) is 9.59 Å². The van der Waals surface area contributed by atoms with Gasteiger partial charge in [0.25, 0.3) is 5.91 Å². The van der Waals surface area contributed by atoms with Crippen molar-refractivity contribution < 1.29 is 9.18 Å². The van der Waals surface area contributed by atoms with Gasteiger partial charge in [-0.3, -0.25) is 4.79 Å². The summed E-state index contributed by atoms with van der Waals surface area (Å²) >= 11 is 7.02. The quantitative estimate of drug-likeness (QED) is 0.665. The summed E-state index contributed by atoms with van der Waals surface area (Å²) in [5, 5.41) is 4.75. The van der Waals surface area contributed by atoms with Crippen molar-refractivity contribution in [3.8, 4) is 11.3 Å². The SMILES string of the molecule is O=C(c1snnc1-c1ccc(Cl)cc1)N1CCN(c2ccccc2F)CC1. The molecule has 0 aliphatic carbocycles. The third-order valence-corrected chi connectivity index (χ3v) is 5.53. The van der Waals surface area contributed by atoms with Gasteiger partial charge in [0.1, 0.15) is 16.4 Å². The minimum atomic E-state index is -0.242. The first-order valence-corrected chi connectivity index (χ1v) is 9.65. The Morgan fingerprint density at radius 2 is 1.74 bits per heavy atom.